The van der Waals surface area contributed by atoms with Crippen LogP contribution in [0, 0.1) is 0 Å². The van der Waals surface area contributed by atoms with E-state index in [4.69, 9.17) is 0 Å². The SMILES string of the molecule is O=C(O)C1Cc2ccccc2CN1S(=O)(=O)C1CC1. The highest BCUT2D eigenvalue weighted by molar-refractivity contribution is 7.90. The molecule has 1 aliphatic carbocycles. The van der Waals surface area contributed by atoms with Crippen molar-refractivity contribution < 1.29 is 18.3 Å². The van der Waals surface area contributed by atoms with Gasteiger partial charge >= 0.3 is 5.97 Å². The van der Waals surface area contributed by atoms with E-state index >= 15 is 0 Å². The van der Waals surface area contributed by atoms with Crippen molar-refractivity contribution in [2.45, 2.75) is 37.1 Å². The van der Waals surface area contributed by atoms with E-state index in [0.29, 0.717) is 12.8 Å². The van der Waals surface area contributed by atoms with Gasteiger partial charge in [0.2, 0.25) is 10.0 Å². The topological polar surface area (TPSA) is 74.7 Å². The van der Waals surface area contributed by atoms with Crippen LogP contribution in [-0.4, -0.2) is 35.1 Å². The molecule has 1 aromatic carbocycles. The van der Waals surface area contributed by atoms with E-state index in [2.05, 4.69) is 0 Å². The number of aliphatic carboxylic acids is 1. The van der Waals surface area contributed by atoms with Crippen LogP contribution in [-0.2, 0) is 27.8 Å². The number of hydrogen-bond acceptors (Lipinski definition) is 3. The lowest BCUT2D eigenvalue weighted by molar-refractivity contribution is -0.141. The first-order chi connectivity index (χ1) is 9.00. The summed E-state index contributed by atoms with van der Waals surface area (Å²) in [5, 5.41) is 8.92. The van der Waals surface area contributed by atoms with E-state index in [0.717, 1.165) is 11.1 Å². The summed E-state index contributed by atoms with van der Waals surface area (Å²) in [6.45, 7) is 0.173. The number of sulfonamides is 1. The number of carboxylic acid groups (broad SMARTS) is 1. The maximum Gasteiger partial charge on any atom is 0.322 e. The maximum atomic E-state index is 12.3. The molecule has 1 heterocycles. The smallest absolute Gasteiger partial charge is 0.322 e. The molecule has 1 aliphatic heterocycles. The van der Waals surface area contributed by atoms with E-state index in [1.54, 1.807) is 0 Å². The van der Waals surface area contributed by atoms with Crippen LogP contribution in [0.2, 0.25) is 0 Å². The Balaban J connectivity index is 2.01. The Hall–Kier alpha value is -1.40. The van der Waals surface area contributed by atoms with Gasteiger partial charge in [-0.1, -0.05) is 24.3 Å². The Kier molecular flexibility index (Phi) is 2.87. The number of carboxylic acids is 1. The molecule has 0 radical (unpaired) electrons. The van der Waals surface area contributed by atoms with Crippen LogP contribution < -0.4 is 0 Å². The van der Waals surface area contributed by atoms with Crippen LogP contribution in [0.25, 0.3) is 0 Å². The molecule has 5 nitrogen and oxygen atoms in total. The first-order valence-corrected chi connectivity index (χ1v) is 7.80. The number of carbonyl (C=O) groups is 1. The number of nitrogens with zero attached hydrogens (tertiary/aromatic N) is 1. The first kappa shape index (κ1) is 12.6. The van der Waals surface area contributed by atoms with Crippen molar-refractivity contribution in [1.82, 2.24) is 4.31 Å². The first-order valence-electron chi connectivity index (χ1n) is 6.30. The molecular weight excluding hydrogens is 266 g/mol. The average molecular weight is 281 g/mol. The normalized spacial score (nSPS) is 23.9. The summed E-state index contributed by atoms with van der Waals surface area (Å²) in [4.78, 5) is 11.4. The highest BCUT2D eigenvalue weighted by atomic mass is 32.2. The van der Waals surface area contributed by atoms with Gasteiger partial charge in [0.25, 0.3) is 0 Å². The quantitative estimate of drug-likeness (QED) is 0.896. The van der Waals surface area contributed by atoms with Crippen molar-refractivity contribution in [1.29, 1.82) is 0 Å². The van der Waals surface area contributed by atoms with Crippen LogP contribution in [0.1, 0.15) is 24.0 Å². The summed E-state index contributed by atoms with van der Waals surface area (Å²) < 4.78 is 25.8. The second-order valence-electron chi connectivity index (χ2n) is 5.12. The van der Waals surface area contributed by atoms with Crippen molar-refractivity contribution in [2.75, 3.05) is 0 Å². The third-order valence-corrected chi connectivity index (χ3v) is 6.11. The molecule has 1 saturated carbocycles. The summed E-state index contributed by atoms with van der Waals surface area (Å²) in [6, 6.07) is 6.46. The molecule has 0 amide bonds. The van der Waals surface area contributed by atoms with Gasteiger partial charge < -0.3 is 5.11 Å². The number of hydrogen-bond donors (Lipinski definition) is 1. The molecule has 0 bridgehead atoms. The summed E-state index contributed by atoms with van der Waals surface area (Å²) in [7, 11) is -3.47. The maximum absolute atomic E-state index is 12.3. The molecule has 102 valence electrons. The van der Waals surface area contributed by atoms with Gasteiger partial charge in [-0.05, 0) is 24.0 Å². The van der Waals surface area contributed by atoms with Gasteiger partial charge in [0.05, 0.1) is 5.25 Å². The molecule has 1 aromatic rings. The van der Waals surface area contributed by atoms with Gasteiger partial charge in [-0.15, -0.1) is 0 Å². The van der Waals surface area contributed by atoms with Crippen LogP contribution in [0.3, 0.4) is 0 Å². The van der Waals surface area contributed by atoms with E-state index in [1.807, 2.05) is 24.3 Å². The lowest BCUT2D eigenvalue weighted by Crippen LogP contribution is -2.49. The summed E-state index contributed by atoms with van der Waals surface area (Å²) in [5.74, 6) is -1.07. The lowest BCUT2D eigenvalue weighted by Gasteiger charge is -2.33. The Morgan fingerprint density at radius 1 is 1.21 bits per heavy atom. The lowest BCUT2D eigenvalue weighted by atomic mass is 9.96. The fourth-order valence-electron chi connectivity index (χ4n) is 2.53. The molecule has 19 heavy (non-hydrogen) atoms. The van der Waals surface area contributed by atoms with Crippen LogP contribution in [0.15, 0.2) is 24.3 Å². The van der Waals surface area contributed by atoms with E-state index in [-0.39, 0.29) is 18.2 Å². The molecule has 3 rings (SSSR count). The Morgan fingerprint density at radius 2 is 1.84 bits per heavy atom. The Morgan fingerprint density at radius 3 is 2.42 bits per heavy atom. The Labute approximate surface area is 111 Å². The van der Waals surface area contributed by atoms with Gasteiger partial charge in [-0.25, -0.2) is 8.42 Å². The fraction of sp³-hybridized carbons (Fsp3) is 0.462. The van der Waals surface area contributed by atoms with Crippen LogP contribution >= 0.6 is 0 Å². The Bertz CT molecular complexity index is 621. The standard InChI is InChI=1S/C13H15NO4S/c15-13(16)12-7-9-3-1-2-4-10(9)8-14(12)19(17,18)11-5-6-11/h1-4,11-12H,5-8H2,(H,15,16). The third kappa shape index (κ3) is 2.15. The summed E-state index contributed by atoms with van der Waals surface area (Å²) in [6.07, 6.45) is 1.54. The van der Waals surface area contributed by atoms with E-state index < -0.39 is 22.0 Å². The van der Waals surface area contributed by atoms with Gasteiger partial charge in [0, 0.05) is 13.0 Å². The van der Waals surface area contributed by atoms with Crippen molar-refractivity contribution in [3.63, 3.8) is 0 Å². The molecule has 1 unspecified atom stereocenters. The minimum absolute atomic E-state index is 0.173. The minimum Gasteiger partial charge on any atom is -0.480 e. The zero-order valence-electron chi connectivity index (χ0n) is 10.3. The number of rotatable bonds is 3. The highest BCUT2D eigenvalue weighted by Crippen LogP contribution is 2.35. The van der Waals surface area contributed by atoms with Crippen molar-refractivity contribution in [3.05, 3.63) is 35.4 Å². The molecule has 0 spiro atoms. The average Bonchev–Trinajstić information content (AvgIpc) is 3.21. The molecular formula is C13H15NO4S. The molecule has 1 atom stereocenters. The van der Waals surface area contributed by atoms with E-state index in [9.17, 15) is 18.3 Å². The predicted octanol–water partition coefficient (Wildman–Crippen LogP) is 0.990. The molecule has 1 N–H and O–H groups in total. The summed E-state index contributed by atoms with van der Waals surface area (Å²) in [5.41, 5.74) is 1.83. The minimum atomic E-state index is -3.47. The van der Waals surface area contributed by atoms with Crippen molar-refractivity contribution in [3.8, 4) is 0 Å². The van der Waals surface area contributed by atoms with Gasteiger partial charge in [0.15, 0.2) is 0 Å². The number of fused-ring (bicyclic) bond motifs is 1. The van der Waals surface area contributed by atoms with Crippen LogP contribution in [0.4, 0.5) is 0 Å². The third-order valence-electron chi connectivity index (χ3n) is 3.76. The summed E-state index contributed by atoms with van der Waals surface area (Å²) >= 11 is 0. The number of benzene rings is 1. The molecule has 2 aliphatic rings. The van der Waals surface area contributed by atoms with E-state index in [1.165, 1.54) is 4.31 Å². The molecule has 6 heteroatoms. The molecule has 0 saturated heterocycles. The van der Waals surface area contributed by atoms with Crippen LogP contribution in [0.5, 0.6) is 0 Å². The molecule has 0 aromatic heterocycles. The monoisotopic (exact) mass is 281 g/mol. The van der Waals surface area contributed by atoms with Gasteiger partial charge in [0.1, 0.15) is 6.04 Å². The second kappa shape index (κ2) is 4.31. The highest BCUT2D eigenvalue weighted by Gasteiger charge is 2.46. The largest absolute Gasteiger partial charge is 0.480 e. The molecule has 1 fully saturated rings. The predicted molar refractivity (Wildman–Crippen MR) is 69.1 cm³/mol. The van der Waals surface area contributed by atoms with Crippen molar-refractivity contribution in [2.24, 2.45) is 0 Å². The zero-order chi connectivity index (χ0) is 13.6. The van der Waals surface area contributed by atoms with Gasteiger partial charge in [-0.3, -0.25) is 4.79 Å². The van der Waals surface area contributed by atoms with Crippen molar-refractivity contribution >= 4 is 16.0 Å². The second-order valence-corrected chi connectivity index (χ2v) is 7.28. The fourth-order valence-corrected chi connectivity index (χ4v) is 4.49. The zero-order valence-corrected chi connectivity index (χ0v) is 11.1. The van der Waals surface area contributed by atoms with Gasteiger partial charge in [-0.2, -0.15) is 4.31 Å².